The molecule has 0 spiro atoms. The average molecular weight is 298 g/mol. The lowest BCUT2D eigenvalue weighted by Crippen LogP contribution is -1.99. The van der Waals surface area contributed by atoms with Gasteiger partial charge in [0.05, 0.1) is 4.88 Å². The predicted octanol–water partition coefficient (Wildman–Crippen LogP) is 5.17. The third-order valence-corrected chi connectivity index (χ3v) is 4.42. The second kappa shape index (κ2) is 6.55. The van der Waals surface area contributed by atoms with Crippen molar-refractivity contribution in [1.82, 2.24) is 0 Å². The number of carbonyl (C=O) groups excluding carboxylic acids is 1. The summed E-state index contributed by atoms with van der Waals surface area (Å²) in [6.07, 6.45) is 0. The van der Waals surface area contributed by atoms with Crippen LogP contribution in [-0.4, -0.2) is 10.9 Å². The number of fused-ring (bicyclic) bond motifs is 1. The van der Waals surface area contributed by atoms with E-state index in [1.54, 1.807) is 12.1 Å². The quantitative estimate of drug-likeness (QED) is 0.662. The van der Waals surface area contributed by atoms with Gasteiger partial charge in [-0.25, -0.2) is 0 Å². The summed E-state index contributed by atoms with van der Waals surface area (Å²) in [6, 6.07) is 14.5. The van der Waals surface area contributed by atoms with Gasteiger partial charge in [0.2, 0.25) is 5.78 Å². The first-order chi connectivity index (χ1) is 10.2. The molecule has 0 saturated heterocycles. The van der Waals surface area contributed by atoms with Crippen LogP contribution in [0.3, 0.4) is 0 Å². The minimum absolute atomic E-state index is 0.0405. The van der Waals surface area contributed by atoms with Crippen LogP contribution in [0.1, 0.15) is 34.6 Å². The molecule has 0 aliphatic rings. The average Bonchev–Trinajstić information content (AvgIpc) is 2.85. The molecule has 21 heavy (non-hydrogen) atoms. The van der Waals surface area contributed by atoms with E-state index in [4.69, 9.17) is 0 Å². The fraction of sp³-hybridized carbons (Fsp3) is 0.167. The second-order valence-electron chi connectivity index (χ2n) is 4.43. The molecule has 0 amide bonds. The number of rotatable bonds is 2. The fourth-order valence-corrected chi connectivity index (χ4v) is 3.36. The second-order valence-corrected chi connectivity index (χ2v) is 5.48. The van der Waals surface area contributed by atoms with Crippen molar-refractivity contribution in [1.29, 1.82) is 0 Å². The SMILES string of the molecule is CC.Cc1c(C(=O)c2ccccc2)sc2cc(O)ccc12. The van der Waals surface area contributed by atoms with Crippen LogP contribution in [0.2, 0.25) is 0 Å². The Morgan fingerprint density at radius 3 is 2.38 bits per heavy atom. The van der Waals surface area contributed by atoms with E-state index in [1.165, 1.54) is 11.3 Å². The van der Waals surface area contributed by atoms with Gasteiger partial charge < -0.3 is 5.11 Å². The molecule has 0 unspecified atom stereocenters. The zero-order valence-corrected chi connectivity index (χ0v) is 13.2. The van der Waals surface area contributed by atoms with Crippen molar-refractivity contribution in [3.8, 4) is 5.75 Å². The molecule has 0 atom stereocenters. The maximum absolute atomic E-state index is 12.5. The summed E-state index contributed by atoms with van der Waals surface area (Å²) in [6.45, 7) is 5.95. The number of aromatic hydroxyl groups is 1. The van der Waals surface area contributed by atoms with Gasteiger partial charge in [0.15, 0.2) is 0 Å². The van der Waals surface area contributed by atoms with Crippen LogP contribution in [0.5, 0.6) is 5.75 Å². The number of phenolic OH excluding ortho intramolecular Hbond substituents is 1. The van der Waals surface area contributed by atoms with Crippen molar-refractivity contribution in [3.05, 3.63) is 64.5 Å². The topological polar surface area (TPSA) is 37.3 Å². The van der Waals surface area contributed by atoms with E-state index in [9.17, 15) is 9.90 Å². The Balaban J connectivity index is 0.000000774. The normalized spacial score (nSPS) is 10.0. The van der Waals surface area contributed by atoms with Crippen molar-refractivity contribution >= 4 is 27.2 Å². The third-order valence-electron chi connectivity index (χ3n) is 3.16. The molecule has 2 nitrogen and oxygen atoms in total. The highest BCUT2D eigenvalue weighted by Crippen LogP contribution is 2.34. The van der Waals surface area contributed by atoms with Crippen molar-refractivity contribution in [3.63, 3.8) is 0 Å². The highest BCUT2D eigenvalue weighted by Gasteiger charge is 2.16. The van der Waals surface area contributed by atoms with Gasteiger partial charge in [0.1, 0.15) is 5.75 Å². The highest BCUT2D eigenvalue weighted by molar-refractivity contribution is 7.21. The zero-order valence-electron chi connectivity index (χ0n) is 12.4. The van der Waals surface area contributed by atoms with Crippen LogP contribution in [0.4, 0.5) is 0 Å². The Kier molecular flexibility index (Phi) is 4.76. The van der Waals surface area contributed by atoms with E-state index in [0.717, 1.165) is 20.5 Å². The number of benzene rings is 2. The van der Waals surface area contributed by atoms with Crippen molar-refractivity contribution < 1.29 is 9.90 Å². The Bertz CT molecular complexity index is 757. The first-order valence-corrected chi connectivity index (χ1v) is 7.80. The first kappa shape index (κ1) is 15.3. The van der Waals surface area contributed by atoms with Gasteiger partial charge in [-0.1, -0.05) is 44.2 Å². The number of carbonyl (C=O) groups is 1. The number of thiophene rings is 1. The Morgan fingerprint density at radius 2 is 1.71 bits per heavy atom. The summed E-state index contributed by atoms with van der Waals surface area (Å²) in [4.78, 5) is 13.2. The standard InChI is InChI=1S/C16H12O2S.C2H6/c1-10-13-8-7-12(17)9-14(13)19-16(10)15(18)11-5-3-2-4-6-11;1-2/h2-9,17H,1H3;1-2H3. The highest BCUT2D eigenvalue weighted by atomic mass is 32.1. The summed E-state index contributed by atoms with van der Waals surface area (Å²) in [5.41, 5.74) is 1.68. The molecule has 108 valence electrons. The van der Waals surface area contributed by atoms with Gasteiger partial charge in [-0.15, -0.1) is 11.3 Å². The Morgan fingerprint density at radius 1 is 1.05 bits per heavy atom. The van der Waals surface area contributed by atoms with Crippen LogP contribution in [0, 0.1) is 6.92 Å². The molecule has 1 heterocycles. The molecule has 1 aromatic heterocycles. The largest absolute Gasteiger partial charge is 0.508 e. The van der Waals surface area contributed by atoms with E-state index in [0.29, 0.717) is 5.56 Å². The van der Waals surface area contributed by atoms with Gasteiger partial charge in [0.25, 0.3) is 0 Å². The summed E-state index contributed by atoms with van der Waals surface area (Å²) < 4.78 is 0.941. The number of aryl methyl sites for hydroxylation is 1. The molecule has 3 rings (SSSR count). The zero-order chi connectivity index (χ0) is 15.4. The molecule has 0 aliphatic carbocycles. The molecule has 0 bridgehead atoms. The molecule has 2 aromatic carbocycles. The van der Waals surface area contributed by atoms with Crippen molar-refractivity contribution in [2.45, 2.75) is 20.8 Å². The van der Waals surface area contributed by atoms with Crippen LogP contribution in [0.15, 0.2) is 48.5 Å². The van der Waals surface area contributed by atoms with Gasteiger partial charge in [0, 0.05) is 10.3 Å². The molecular formula is C18H18O2S. The van der Waals surface area contributed by atoms with Crippen LogP contribution < -0.4 is 0 Å². The lowest BCUT2D eigenvalue weighted by atomic mass is 10.1. The van der Waals surface area contributed by atoms with Gasteiger partial charge in [-0.05, 0) is 36.1 Å². The number of hydrogen-bond acceptors (Lipinski definition) is 3. The molecule has 0 saturated carbocycles. The van der Waals surface area contributed by atoms with Gasteiger partial charge in [-0.2, -0.15) is 0 Å². The third kappa shape index (κ3) is 2.98. The van der Waals surface area contributed by atoms with Crippen molar-refractivity contribution in [2.24, 2.45) is 0 Å². The number of hydrogen-bond donors (Lipinski definition) is 1. The lowest BCUT2D eigenvalue weighted by molar-refractivity contribution is 0.104. The summed E-state index contributed by atoms with van der Waals surface area (Å²) in [7, 11) is 0. The predicted molar refractivity (Wildman–Crippen MR) is 89.4 cm³/mol. The van der Waals surface area contributed by atoms with E-state index in [1.807, 2.05) is 57.2 Å². The van der Waals surface area contributed by atoms with Gasteiger partial charge in [-0.3, -0.25) is 4.79 Å². The first-order valence-electron chi connectivity index (χ1n) is 6.98. The molecule has 0 aliphatic heterocycles. The minimum Gasteiger partial charge on any atom is -0.508 e. The molecule has 3 heteroatoms. The number of ketones is 1. The van der Waals surface area contributed by atoms with E-state index < -0.39 is 0 Å². The maximum atomic E-state index is 12.5. The molecule has 3 aromatic rings. The van der Waals surface area contributed by atoms with Gasteiger partial charge >= 0.3 is 0 Å². The maximum Gasteiger partial charge on any atom is 0.203 e. The molecular weight excluding hydrogens is 280 g/mol. The monoisotopic (exact) mass is 298 g/mol. The molecule has 0 radical (unpaired) electrons. The smallest absolute Gasteiger partial charge is 0.203 e. The lowest BCUT2D eigenvalue weighted by Gasteiger charge is -1.99. The van der Waals surface area contributed by atoms with Crippen molar-refractivity contribution in [2.75, 3.05) is 0 Å². The van der Waals surface area contributed by atoms with E-state index in [2.05, 4.69) is 0 Å². The van der Waals surface area contributed by atoms with Crippen LogP contribution in [-0.2, 0) is 0 Å². The molecule has 0 fully saturated rings. The van der Waals surface area contributed by atoms with E-state index in [-0.39, 0.29) is 11.5 Å². The minimum atomic E-state index is 0.0405. The summed E-state index contributed by atoms with van der Waals surface area (Å²) in [5.74, 6) is 0.270. The van der Waals surface area contributed by atoms with Crippen LogP contribution >= 0.6 is 11.3 Å². The Hall–Kier alpha value is -2.13. The summed E-state index contributed by atoms with van der Waals surface area (Å²) in [5, 5.41) is 10.5. The Labute approximate surface area is 128 Å². The fourth-order valence-electron chi connectivity index (χ4n) is 2.15. The number of phenols is 1. The molecule has 1 N–H and O–H groups in total. The van der Waals surface area contributed by atoms with Crippen LogP contribution in [0.25, 0.3) is 10.1 Å². The van der Waals surface area contributed by atoms with E-state index >= 15 is 0 Å². The summed E-state index contributed by atoms with van der Waals surface area (Å²) >= 11 is 1.43.